The van der Waals surface area contributed by atoms with Gasteiger partial charge < -0.3 is 0 Å². The Labute approximate surface area is 61.7 Å². The van der Waals surface area contributed by atoms with Crippen molar-refractivity contribution >= 4 is 0 Å². The van der Waals surface area contributed by atoms with E-state index >= 15 is 0 Å². The van der Waals surface area contributed by atoms with Crippen molar-refractivity contribution in [2.75, 3.05) is 6.54 Å². The largest absolute Gasteiger partial charge is 0.399 e. The van der Waals surface area contributed by atoms with Crippen LogP contribution in [0.25, 0.3) is 0 Å². The number of halogens is 7. The molecule has 0 amide bonds. The summed E-state index contributed by atoms with van der Waals surface area (Å²) >= 11 is 0. The van der Waals surface area contributed by atoms with Gasteiger partial charge >= 0.3 is 17.9 Å². The van der Waals surface area contributed by atoms with Crippen molar-refractivity contribution in [3.8, 4) is 0 Å². The van der Waals surface area contributed by atoms with Gasteiger partial charge in [-0.2, -0.15) is 26.3 Å². The Hall–Kier alpha value is -0.530. The normalized spacial score (nSPS) is 32.2. The van der Waals surface area contributed by atoms with Gasteiger partial charge in [-0.1, -0.05) is 5.12 Å². The first-order valence-corrected chi connectivity index (χ1v) is 2.70. The van der Waals surface area contributed by atoms with Crippen molar-refractivity contribution in [1.29, 1.82) is 0 Å². The van der Waals surface area contributed by atoms with Crippen molar-refractivity contribution < 1.29 is 30.8 Å². The number of hydrogen-bond donors (Lipinski definition) is 0. The minimum atomic E-state index is -5.66. The molecule has 1 rings (SSSR count). The van der Waals surface area contributed by atoms with Crippen molar-refractivity contribution in [2.45, 2.75) is 17.9 Å². The highest BCUT2D eigenvalue weighted by Crippen LogP contribution is 2.53. The summed E-state index contributed by atoms with van der Waals surface area (Å²) in [4.78, 5) is 0. The first-order chi connectivity index (χ1) is 5.13. The zero-order chi connectivity index (χ0) is 9.78. The Morgan fingerprint density at radius 3 is 1.42 bits per heavy atom. The smallest absolute Gasteiger partial charge is 0.198 e. The van der Waals surface area contributed by atoms with E-state index in [-0.39, 0.29) is 0 Å². The predicted molar refractivity (Wildman–Crippen MR) is 22.7 cm³/mol. The molecule has 0 aromatic rings. The molecule has 0 unspecified atom stereocenters. The molecule has 0 aliphatic carbocycles. The fourth-order valence-corrected chi connectivity index (χ4v) is 0.745. The molecule has 0 bridgehead atoms. The third-order valence-corrected chi connectivity index (χ3v) is 1.48. The summed E-state index contributed by atoms with van der Waals surface area (Å²) < 4.78 is 83.5. The zero-order valence-corrected chi connectivity index (χ0v) is 5.30. The van der Waals surface area contributed by atoms with Gasteiger partial charge in [-0.15, -0.1) is 4.48 Å². The van der Waals surface area contributed by atoms with Crippen molar-refractivity contribution in [2.24, 2.45) is 0 Å². The van der Waals surface area contributed by atoms with Crippen LogP contribution in [0, 0.1) is 0 Å². The number of hydrogen-bond acceptors (Lipinski definition) is 1. The van der Waals surface area contributed by atoms with E-state index in [9.17, 15) is 30.8 Å². The molecule has 1 fully saturated rings. The van der Waals surface area contributed by atoms with Crippen LogP contribution in [0.1, 0.15) is 0 Å². The average molecular weight is 197 g/mol. The lowest BCUT2D eigenvalue weighted by atomic mass is 10.2. The number of nitrogens with zero attached hydrogens (tertiary/aromatic N) is 1. The summed E-state index contributed by atoms with van der Waals surface area (Å²) in [6.45, 7) is -2.30. The molecule has 0 atom stereocenters. The van der Waals surface area contributed by atoms with Gasteiger partial charge in [-0.25, -0.2) is 0 Å². The third-order valence-electron chi connectivity index (χ3n) is 1.48. The zero-order valence-electron chi connectivity index (χ0n) is 5.30. The highest BCUT2D eigenvalue weighted by Gasteiger charge is 2.81. The molecule has 1 saturated heterocycles. The van der Waals surface area contributed by atoms with E-state index in [0.717, 1.165) is 0 Å². The van der Waals surface area contributed by atoms with Crippen LogP contribution in [0.4, 0.5) is 30.8 Å². The van der Waals surface area contributed by atoms with Gasteiger partial charge in [0.25, 0.3) is 0 Å². The van der Waals surface area contributed by atoms with E-state index in [2.05, 4.69) is 0 Å². The SMILES string of the molecule is FN1CC(F)(F)C(F)(F)C1(F)F. The molecule has 0 radical (unpaired) electrons. The summed E-state index contributed by atoms with van der Waals surface area (Å²) in [6, 6.07) is -5.43. The standard InChI is InChI=1S/C4H2F7N/c5-2(6)1-12(11)4(9,10)3(2,7)8/h1H2. The van der Waals surface area contributed by atoms with Gasteiger partial charge in [0.1, 0.15) is 6.54 Å². The Kier molecular flexibility index (Phi) is 1.62. The second kappa shape index (κ2) is 2.04. The van der Waals surface area contributed by atoms with Gasteiger partial charge in [0.2, 0.25) is 0 Å². The van der Waals surface area contributed by atoms with Crippen molar-refractivity contribution in [3.05, 3.63) is 0 Å². The summed E-state index contributed by atoms with van der Waals surface area (Å²) in [5.74, 6) is -10.7. The first kappa shape index (κ1) is 9.56. The molecule has 0 aromatic heterocycles. The Bertz CT molecular complexity index is 200. The maximum absolute atomic E-state index is 12.0. The molecule has 1 nitrogen and oxygen atoms in total. The van der Waals surface area contributed by atoms with Crippen molar-refractivity contribution in [3.63, 3.8) is 0 Å². The molecule has 72 valence electrons. The second-order valence-corrected chi connectivity index (χ2v) is 2.34. The van der Waals surface area contributed by atoms with Crippen LogP contribution in [0.2, 0.25) is 0 Å². The topological polar surface area (TPSA) is 3.24 Å². The predicted octanol–water partition coefficient (Wildman–Crippen LogP) is 2.05. The molecular formula is C4H2F7N. The van der Waals surface area contributed by atoms with Gasteiger partial charge in [-0.3, -0.25) is 0 Å². The van der Waals surface area contributed by atoms with Crippen LogP contribution in [0.3, 0.4) is 0 Å². The van der Waals surface area contributed by atoms with Gasteiger partial charge in [0.05, 0.1) is 0 Å². The van der Waals surface area contributed by atoms with Crippen LogP contribution in [-0.4, -0.2) is 29.6 Å². The molecule has 0 aromatic carbocycles. The lowest BCUT2D eigenvalue weighted by molar-refractivity contribution is -0.319. The summed E-state index contributed by atoms with van der Waals surface area (Å²) in [7, 11) is 0. The molecule has 1 aliphatic heterocycles. The Morgan fingerprint density at radius 2 is 1.33 bits per heavy atom. The highest BCUT2D eigenvalue weighted by molar-refractivity contribution is 5.02. The van der Waals surface area contributed by atoms with E-state index in [1.165, 1.54) is 0 Å². The van der Waals surface area contributed by atoms with Crippen molar-refractivity contribution in [1.82, 2.24) is 5.12 Å². The Balaban J connectivity index is 3.10. The molecule has 1 aliphatic rings. The van der Waals surface area contributed by atoms with Crippen LogP contribution in [0.5, 0.6) is 0 Å². The van der Waals surface area contributed by atoms with E-state index in [0.29, 0.717) is 0 Å². The van der Waals surface area contributed by atoms with E-state index in [1.807, 2.05) is 0 Å². The lowest BCUT2D eigenvalue weighted by Gasteiger charge is -2.21. The fraction of sp³-hybridized carbons (Fsp3) is 1.00. The average Bonchev–Trinajstić information content (AvgIpc) is 1.92. The fourth-order valence-electron chi connectivity index (χ4n) is 0.745. The maximum Gasteiger partial charge on any atom is 0.399 e. The first-order valence-electron chi connectivity index (χ1n) is 2.70. The van der Waals surface area contributed by atoms with Crippen LogP contribution >= 0.6 is 0 Å². The van der Waals surface area contributed by atoms with Gasteiger partial charge in [0, 0.05) is 0 Å². The quantitative estimate of drug-likeness (QED) is 0.326. The van der Waals surface area contributed by atoms with Gasteiger partial charge in [-0.05, 0) is 0 Å². The van der Waals surface area contributed by atoms with E-state index < -0.39 is 29.6 Å². The molecule has 8 heteroatoms. The maximum atomic E-state index is 12.0. The van der Waals surface area contributed by atoms with Crippen LogP contribution < -0.4 is 0 Å². The van der Waals surface area contributed by atoms with Gasteiger partial charge in [0.15, 0.2) is 0 Å². The third kappa shape index (κ3) is 0.838. The number of alkyl halides is 6. The summed E-state index contributed by atoms with van der Waals surface area (Å²) in [6.07, 6.45) is 0. The number of rotatable bonds is 0. The summed E-state index contributed by atoms with van der Waals surface area (Å²) in [5, 5.41) is -1.85. The summed E-state index contributed by atoms with van der Waals surface area (Å²) in [5.41, 5.74) is 0. The molecule has 12 heavy (non-hydrogen) atoms. The molecule has 0 spiro atoms. The van der Waals surface area contributed by atoms with Crippen LogP contribution in [0.15, 0.2) is 0 Å². The second-order valence-electron chi connectivity index (χ2n) is 2.34. The highest BCUT2D eigenvalue weighted by atomic mass is 19.4. The monoisotopic (exact) mass is 197 g/mol. The minimum absolute atomic E-state index is 1.85. The minimum Gasteiger partial charge on any atom is -0.198 e. The molecule has 1 heterocycles. The molecular weight excluding hydrogens is 195 g/mol. The molecule has 0 saturated carbocycles. The van der Waals surface area contributed by atoms with Crippen LogP contribution in [-0.2, 0) is 0 Å². The Morgan fingerprint density at radius 1 is 0.917 bits per heavy atom. The molecule has 0 N–H and O–H groups in total. The van der Waals surface area contributed by atoms with E-state index in [1.54, 1.807) is 0 Å². The lowest BCUT2D eigenvalue weighted by Crippen LogP contribution is -2.49. The van der Waals surface area contributed by atoms with E-state index in [4.69, 9.17) is 0 Å².